The standard InChI is InChI=1S/C57H100O6/c1-4-7-10-13-16-19-22-25-27-28-30-33-36-39-42-45-48-51-57(60)63-54(52-61-55(58)49-46-43-40-37-34-31-24-21-18-15-12-9-6-3)53-62-56(59)50-47-44-41-38-35-32-29-26-23-20-17-14-11-8-5-2/h8,11,16-17,19-20,25-27,29,54H,4-7,9-10,12-15,18,21-24,28,30-53H2,1-3H3/b11-8-,19-16-,20-17-,27-25-,29-26-/t54-/m0/s1. The molecule has 0 bridgehead atoms. The van der Waals surface area contributed by atoms with Crippen molar-refractivity contribution < 1.29 is 28.6 Å². The summed E-state index contributed by atoms with van der Waals surface area (Å²) in [6.07, 6.45) is 63.4. The van der Waals surface area contributed by atoms with Gasteiger partial charge in [-0.15, -0.1) is 0 Å². The molecular weight excluding hydrogens is 781 g/mol. The largest absolute Gasteiger partial charge is 0.462 e. The average Bonchev–Trinajstić information content (AvgIpc) is 3.28. The molecule has 0 aromatic carbocycles. The summed E-state index contributed by atoms with van der Waals surface area (Å²) in [5.41, 5.74) is 0. The van der Waals surface area contributed by atoms with Gasteiger partial charge in [0.1, 0.15) is 13.2 Å². The van der Waals surface area contributed by atoms with Crippen molar-refractivity contribution in [2.45, 2.75) is 271 Å². The van der Waals surface area contributed by atoms with Crippen molar-refractivity contribution in [1.82, 2.24) is 0 Å². The maximum absolute atomic E-state index is 12.8. The molecule has 0 N–H and O–H groups in total. The summed E-state index contributed by atoms with van der Waals surface area (Å²) < 4.78 is 16.8. The second-order valence-electron chi connectivity index (χ2n) is 17.8. The molecule has 0 heterocycles. The van der Waals surface area contributed by atoms with Crippen molar-refractivity contribution >= 4 is 17.9 Å². The molecule has 0 radical (unpaired) electrons. The Morgan fingerprint density at radius 3 is 1.00 bits per heavy atom. The monoisotopic (exact) mass is 881 g/mol. The quantitative estimate of drug-likeness (QED) is 0.0262. The van der Waals surface area contributed by atoms with Gasteiger partial charge in [0.05, 0.1) is 0 Å². The topological polar surface area (TPSA) is 78.9 Å². The zero-order chi connectivity index (χ0) is 45.8. The third-order valence-electron chi connectivity index (χ3n) is 11.5. The van der Waals surface area contributed by atoms with Gasteiger partial charge in [0, 0.05) is 19.3 Å². The fourth-order valence-corrected chi connectivity index (χ4v) is 7.49. The number of allylic oxidation sites excluding steroid dienone is 10. The molecular formula is C57H100O6. The predicted molar refractivity (Wildman–Crippen MR) is 270 cm³/mol. The van der Waals surface area contributed by atoms with E-state index in [1.807, 2.05) is 0 Å². The number of hydrogen-bond donors (Lipinski definition) is 0. The number of carbonyl (C=O) groups excluding carboxylic acids is 3. The molecule has 0 aliphatic rings. The van der Waals surface area contributed by atoms with Crippen LogP contribution < -0.4 is 0 Å². The highest BCUT2D eigenvalue weighted by molar-refractivity contribution is 5.71. The van der Waals surface area contributed by atoms with Gasteiger partial charge in [0.2, 0.25) is 0 Å². The Balaban J connectivity index is 4.40. The van der Waals surface area contributed by atoms with Crippen LogP contribution in [-0.4, -0.2) is 37.2 Å². The number of hydrogen-bond acceptors (Lipinski definition) is 6. The van der Waals surface area contributed by atoms with Gasteiger partial charge in [0.15, 0.2) is 6.10 Å². The summed E-state index contributed by atoms with van der Waals surface area (Å²) in [4.78, 5) is 38.0. The number of rotatable bonds is 48. The smallest absolute Gasteiger partial charge is 0.306 e. The van der Waals surface area contributed by atoms with Gasteiger partial charge in [-0.2, -0.15) is 0 Å². The van der Waals surface area contributed by atoms with Crippen molar-refractivity contribution in [1.29, 1.82) is 0 Å². The first kappa shape index (κ1) is 60.1. The van der Waals surface area contributed by atoms with Crippen molar-refractivity contribution in [2.75, 3.05) is 13.2 Å². The van der Waals surface area contributed by atoms with Crippen molar-refractivity contribution in [3.05, 3.63) is 60.8 Å². The van der Waals surface area contributed by atoms with Crippen LogP contribution in [0.15, 0.2) is 60.8 Å². The Bertz CT molecular complexity index is 1150. The van der Waals surface area contributed by atoms with Crippen molar-refractivity contribution in [2.24, 2.45) is 0 Å². The van der Waals surface area contributed by atoms with Crippen LogP contribution in [0.2, 0.25) is 0 Å². The van der Waals surface area contributed by atoms with E-state index in [0.29, 0.717) is 19.3 Å². The maximum Gasteiger partial charge on any atom is 0.306 e. The average molecular weight is 881 g/mol. The summed E-state index contributed by atoms with van der Waals surface area (Å²) in [5, 5.41) is 0. The van der Waals surface area contributed by atoms with Gasteiger partial charge in [-0.3, -0.25) is 14.4 Å². The Labute approximate surface area is 390 Å². The first-order valence-electron chi connectivity index (χ1n) is 26.8. The highest BCUT2D eigenvalue weighted by atomic mass is 16.6. The molecule has 0 rings (SSSR count). The van der Waals surface area contributed by atoms with Gasteiger partial charge >= 0.3 is 17.9 Å². The van der Waals surface area contributed by atoms with Gasteiger partial charge in [0.25, 0.3) is 0 Å². The molecule has 6 heteroatoms. The number of unbranched alkanes of at least 4 members (excludes halogenated alkanes) is 27. The molecule has 364 valence electrons. The van der Waals surface area contributed by atoms with Crippen LogP contribution in [0.4, 0.5) is 0 Å². The number of carbonyl (C=O) groups is 3. The van der Waals surface area contributed by atoms with E-state index < -0.39 is 6.10 Å². The molecule has 0 aromatic heterocycles. The van der Waals surface area contributed by atoms with Crippen LogP contribution in [0.1, 0.15) is 265 Å². The minimum Gasteiger partial charge on any atom is -0.462 e. The SMILES string of the molecule is CC/C=C\C/C=C\C/C=C\CCCCCCCC(=O)OC[C@H](COC(=O)CCCCCCCCCCCCCCC)OC(=O)CCCCCCCCC/C=C\C/C=C\CCCCC. The lowest BCUT2D eigenvalue weighted by molar-refractivity contribution is -0.167. The first-order valence-corrected chi connectivity index (χ1v) is 26.8. The van der Waals surface area contributed by atoms with E-state index in [4.69, 9.17) is 14.2 Å². The van der Waals surface area contributed by atoms with Crippen LogP contribution >= 0.6 is 0 Å². The van der Waals surface area contributed by atoms with E-state index in [1.165, 1.54) is 116 Å². The van der Waals surface area contributed by atoms with Gasteiger partial charge in [-0.1, -0.05) is 223 Å². The number of esters is 3. The van der Waals surface area contributed by atoms with Crippen LogP contribution in [0.3, 0.4) is 0 Å². The molecule has 0 aliphatic carbocycles. The fourth-order valence-electron chi connectivity index (χ4n) is 7.49. The highest BCUT2D eigenvalue weighted by Gasteiger charge is 2.19. The van der Waals surface area contributed by atoms with Crippen molar-refractivity contribution in [3.63, 3.8) is 0 Å². The van der Waals surface area contributed by atoms with Crippen LogP contribution in [-0.2, 0) is 28.6 Å². The minimum absolute atomic E-state index is 0.0811. The normalized spacial score (nSPS) is 12.5. The summed E-state index contributed by atoms with van der Waals surface area (Å²) in [5.74, 6) is -0.899. The Morgan fingerprint density at radius 2 is 0.619 bits per heavy atom. The second kappa shape index (κ2) is 51.7. The number of ether oxygens (including phenoxy) is 3. The molecule has 0 aliphatic heterocycles. The molecule has 0 aromatic rings. The lowest BCUT2D eigenvalue weighted by atomic mass is 10.0. The van der Waals surface area contributed by atoms with Crippen molar-refractivity contribution in [3.8, 4) is 0 Å². The summed E-state index contributed by atoms with van der Waals surface area (Å²) >= 11 is 0. The molecule has 0 saturated heterocycles. The lowest BCUT2D eigenvalue weighted by Crippen LogP contribution is -2.30. The van der Waals surface area contributed by atoms with E-state index in [0.717, 1.165) is 109 Å². The highest BCUT2D eigenvalue weighted by Crippen LogP contribution is 2.15. The van der Waals surface area contributed by atoms with E-state index in [9.17, 15) is 14.4 Å². The molecule has 63 heavy (non-hydrogen) atoms. The zero-order valence-corrected chi connectivity index (χ0v) is 41.6. The van der Waals surface area contributed by atoms with Crippen LogP contribution in [0.25, 0.3) is 0 Å². The maximum atomic E-state index is 12.8. The van der Waals surface area contributed by atoms with Crippen LogP contribution in [0, 0.1) is 0 Å². The zero-order valence-electron chi connectivity index (χ0n) is 41.6. The molecule has 0 spiro atoms. The fraction of sp³-hybridized carbons (Fsp3) is 0.772. The molecule has 0 fully saturated rings. The Morgan fingerprint density at radius 1 is 0.333 bits per heavy atom. The third-order valence-corrected chi connectivity index (χ3v) is 11.5. The lowest BCUT2D eigenvalue weighted by Gasteiger charge is -2.18. The molecule has 1 atom stereocenters. The third kappa shape index (κ3) is 50.0. The molecule has 0 saturated carbocycles. The van der Waals surface area contributed by atoms with E-state index in [1.54, 1.807) is 0 Å². The van der Waals surface area contributed by atoms with E-state index in [-0.39, 0.29) is 31.1 Å². The molecule has 0 amide bonds. The van der Waals surface area contributed by atoms with E-state index in [2.05, 4.69) is 81.5 Å². The molecule has 0 unspecified atom stereocenters. The van der Waals surface area contributed by atoms with Crippen LogP contribution in [0.5, 0.6) is 0 Å². The van der Waals surface area contributed by atoms with E-state index >= 15 is 0 Å². The summed E-state index contributed by atoms with van der Waals surface area (Å²) in [7, 11) is 0. The predicted octanol–water partition coefficient (Wildman–Crippen LogP) is 17.6. The Kier molecular flexibility index (Phi) is 49.4. The van der Waals surface area contributed by atoms with Gasteiger partial charge in [-0.25, -0.2) is 0 Å². The second-order valence-corrected chi connectivity index (χ2v) is 17.8. The summed E-state index contributed by atoms with van der Waals surface area (Å²) in [6, 6.07) is 0. The minimum atomic E-state index is -0.783. The Hall–Kier alpha value is -2.89. The van der Waals surface area contributed by atoms with Gasteiger partial charge in [-0.05, 0) is 83.5 Å². The molecule has 6 nitrogen and oxygen atoms in total. The summed E-state index contributed by atoms with van der Waals surface area (Å²) in [6.45, 7) is 6.49. The first-order chi connectivity index (χ1) is 31.0. The van der Waals surface area contributed by atoms with Gasteiger partial charge < -0.3 is 14.2 Å².